The van der Waals surface area contributed by atoms with Crippen molar-refractivity contribution in [1.82, 2.24) is 0 Å². The Balaban J connectivity index is 2.32. The molecule has 0 aliphatic carbocycles. The summed E-state index contributed by atoms with van der Waals surface area (Å²) in [4.78, 5) is 34.8. The van der Waals surface area contributed by atoms with Crippen molar-refractivity contribution in [3.63, 3.8) is 0 Å². The second-order valence-corrected chi connectivity index (χ2v) is 3.72. The maximum Gasteiger partial charge on any atom is 0.296 e. The lowest BCUT2D eigenvalue weighted by molar-refractivity contribution is -0.117. The van der Waals surface area contributed by atoms with Crippen molar-refractivity contribution >= 4 is 17.5 Å². The molecule has 3 rings (SSSR count). The Bertz CT molecular complexity index is 714. The second kappa shape index (κ2) is 3.55. The Kier molecular flexibility index (Phi) is 2.04. The molecular formula is C12H7N3O2. The molecule has 2 heterocycles. The minimum atomic E-state index is -0.482. The first-order chi connectivity index (χ1) is 8.24. The van der Waals surface area contributed by atoms with Crippen LogP contribution in [0.3, 0.4) is 0 Å². The molecular weight excluding hydrogens is 218 g/mol. The van der Waals surface area contributed by atoms with Gasteiger partial charge in [-0.3, -0.25) is 14.6 Å². The van der Waals surface area contributed by atoms with Crippen molar-refractivity contribution in [3.05, 3.63) is 46.8 Å². The largest absolute Gasteiger partial charge is 0.296 e. The molecule has 2 aliphatic heterocycles. The number of nitrogens with zero attached hydrogens (tertiary/aromatic N) is 3. The number of hydrogen-bond acceptors (Lipinski definition) is 3. The maximum absolute atomic E-state index is 11.8. The van der Waals surface area contributed by atoms with E-state index in [2.05, 4.69) is 15.0 Å². The average Bonchev–Trinajstić information content (AvgIpc) is 2.67. The Morgan fingerprint density at radius 1 is 1.00 bits per heavy atom. The summed E-state index contributed by atoms with van der Waals surface area (Å²) in [5.41, 5.74) is 0.659. The number of carbonyl (C=O) groups excluding carboxylic acids is 2. The zero-order valence-electron chi connectivity index (χ0n) is 8.75. The van der Waals surface area contributed by atoms with Gasteiger partial charge in [-0.2, -0.15) is 0 Å². The second-order valence-electron chi connectivity index (χ2n) is 3.72. The Morgan fingerprint density at radius 2 is 1.76 bits per heavy atom. The van der Waals surface area contributed by atoms with E-state index in [-0.39, 0.29) is 18.0 Å². The molecule has 5 nitrogen and oxygen atoms in total. The molecule has 0 fully saturated rings. The lowest BCUT2D eigenvalue weighted by atomic mass is 10.1. The predicted molar refractivity (Wildman–Crippen MR) is 58.9 cm³/mol. The van der Waals surface area contributed by atoms with E-state index in [4.69, 9.17) is 0 Å². The van der Waals surface area contributed by atoms with Crippen LogP contribution in [-0.4, -0.2) is 17.5 Å². The third-order valence-electron chi connectivity index (χ3n) is 2.55. The lowest BCUT2D eigenvalue weighted by Gasteiger charge is -1.99. The molecule has 0 spiro atoms. The molecule has 17 heavy (non-hydrogen) atoms. The van der Waals surface area contributed by atoms with Crippen LogP contribution in [0, 0.1) is 0 Å². The van der Waals surface area contributed by atoms with Crippen LogP contribution in [0.4, 0.5) is 0 Å². The summed E-state index contributed by atoms with van der Waals surface area (Å²) < 4.78 is 0. The number of carbonyl (C=O) groups is 2. The third-order valence-corrected chi connectivity index (χ3v) is 2.55. The molecule has 2 amide bonds. The van der Waals surface area contributed by atoms with Crippen molar-refractivity contribution in [2.75, 3.05) is 0 Å². The van der Waals surface area contributed by atoms with Gasteiger partial charge < -0.3 is 0 Å². The minimum absolute atomic E-state index is 0.119. The highest BCUT2D eigenvalue weighted by atomic mass is 16.2. The first-order valence-corrected chi connectivity index (χ1v) is 5.11. The molecule has 1 aromatic carbocycles. The van der Waals surface area contributed by atoms with E-state index >= 15 is 0 Å². The van der Waals surface area contributed by atoms with Gasteiger partial charge in [0.1, 0.15) is 5.71 Å². The van der Waals surface area contributed by atoms with Crippen LogP contribution >= 0.6 is 0 Å². The van der Waals surface area contributed by atoms with Gasteiger partial charge in [-0.25, -0.2) is 9.98 Å². The summed E-state index contributed by atoms with van der Waals surface area (Å²) in [6.07, 6.45) is 1.65. The van der Waals surface area contributed by atoms with Crippen LogP contribution in [0.2, 0.25) is 0 Å². The van der Waals surface area contributed by atoms with Gasteiger partial charge >= 0.3 is 0 Å². The van der Waals surface area contributed by atoms with Gasteiger partial charge in [0, 0.05) is 11.8 Å². The van der Waals surface area contributed by atoms with E-state index in [1.807, 2.05) is 6.07 Å². The number of benzene rings is 1. The highest BCUT2D eigenvalue weighted by molar-refractivity contribution is 6.49. The van der Waals surface area contributed by atoms with Crippen molar-refractivity contribution in [2.45, 2.75) is 6.42 Å². The molecule has 1 aromatic rings. The highest BCUT2D eigenvalue weighted by Crippen LogP contribution is 2.15. The zero-order chi connectivity index (χ0) is 11.8. The fourth-order valence-electron chi connectivity index (χ4n) is 1.75. The van der Waals surface area contributed by atoms with Crippen molar-refractivity contribution in [3.8, 4) is 0 Å². The third kappa shape index (κ3) is 1.61. The number of hydrogen-bond donors (Lipinski definition) is 0. The fourth-order valence-corrected chi connectivity index (χ4v) is 1.75. The van der Waals surface area contributed by atoms with E-state index < -0.39 is 5.91 Å². The van der Waals surface area contributed by atoms with E-state index in [0.29, 0.717) is 16.3 Å². The Labute approximate surface area is 95.9 Å². The molecule has 0 radical (unpaired) electrons. The topological polar surface area (TPSA) is 71.2 Å². The summed E-state index contributed by atoms with van der Waals surface area (Å²) in [6, 6.07) is 7.06. The first kappa shape index (κ1) is 9.77. The van der Waals surface area contributed by atoms with Crippen LogP contribution in [0.5, 0.6) is 0 Å². The molecule has 82 valence electrons. The van der Waals surface area contributed by atoms with Gasteiger partial charge in [-0.05, 0) is 12.1 Å². The van der Waals surface area contributed by atoms with Gasteiger partial charge in [0.25, 0.3) is 11.8 Å². The molecule has 2 aliphatic rings. The van der Waals surface area contributed by atoms with Gasteiger partial charge in [0.2, 0.25) is 0 Å². The maximum atomic E-state index is 11.8. The summed E-state index contributed by atoms with van der Waals surface area (Å²) in [5, 5.41) is 1.11. The number of amides is 2. The van der Waals surface area contributed by atoms with Crippen molar-refractivity contribution in [1.29, 1.82) is 0 Å². The Morgan fingerprint density at radius 3 is 2.59 bits per heavy atom. The van der Waals surface area contributed by atoms with Crippen LogP contribution in [0.1, 0.15) is 6.42 Å². The molecule has 0 unspecified atom stereocenters. The molecule has 0 N–H and O–H groups in total. The number of rotatable bonds is 0. The molecule has 0 bridgehead atoms. The fraction of sp³-hybridized carbons (Fsp3) is 0.0833. The van der Waals surface area contributed by atoms with Crippen LogP contribution in [0.15, 0.2) is 51.0 Å². The van der Waals surface area contributed by atoms with Crippen molar-refractivity contribution < 1.29 is 9.59 Å². The van der Waals surface area contributed by atoms with Crippen LogP contribution < -0.4 is 10.7 Å². The first-order valence-electron chi connectivity index (χ1n) is 5.11. The Hall–Kier alpha value is -2.43. The van der Waals surface area contributed by atoms with Crippen LogP contribution in [-0.2, 0) is 9.59 Å². The number of aliphatic imine (C=N–C) groups is 1. The monoisotopic (exact) mass is 225 g/mol. The smallest absolute Gasteiger partial charge is 0.272 e. The molecule has 0 saturated carbocycles. The van der Waals surface area contributed by atoms with Gasteiger partial charge in [0.15, 0.2) is 0 Å². The normalized spacial score (nSPS) is 20.9. The summed E-state index contributed by atoms with van der Waals surface area (Å²) in [6.45, 7) is 0. The molecule has 5 heteroatoms. The summed E-state index contributed by atoms with van der Waals surface area (Å²) >= 11 is 0. The standard InChI is InChI=1S/C12H7N3O2/c16-10-5-7-6-13-8-3-1-2-4-9(8)14-12(17)11(7)15-10/h1-4,6H,5H2/b7-6-,13-8?,14-9?. The van der Waals surface area contributed by atoms with Gasteiger partial charge in [-0.15, -0.1) is 0 Å². The lowest BCUT2D eigenvalue weighted by Crippen LogP contribution is -2.29. The highest BCUT2D eigenvalue weighted by Gasteiger charge is 2.26. The van der Waals surface area contributed by atoms with E-state index in [9.17, 15) is 9.59 Å². The molecule has 0 saturated heterocycles. The van der Waals surface area contributed by atoms with Crippen molar-refractivity contribution in [2.24, 2.45) is 15.0 Å². The molecule has 0 aromatic heterocycles. The minimum Gasteiger partial charge on any atom is -0.272 e. The number of fused-ring (bicyclic) bond motifs is 2. The quantitative estimate of drug-likeness (QED) is 0.609. The zero-order valence-corrected chi connectivity index (χ0v) is 8.75. The SMILES string of the molecule is O=C1C/C2=C/N=c3ccccc3=NC(=O)C2=N1. The van der Waals surface area contributed by atoms with E-state index in [0.717, 1.165) is 0 Å². The van der Waals surface area contributed by atoms with Gasteiger partial charge in [-0.1, -0.05) is 12.1 Å². The van der Waals surface area contributed by atoms with Gasteiger partial charge in [0.05, 0.1) is 17.1 Å². The number of para-hydroxylation sites is 2. The van der Waals surface area contributed by atoms with E-state index in [1.165, 1.54) is 6.20 Å². The summed E-state index contributed by atoms with van der Waals surface area (Å²) in [5.74, 6) is -0.805. The average molecular weight is 225 g/mol. The van der Waals surface area contributed by atoms with E-state index in [1.54, 1.807) is 18.2 Å². The predicted octanol–water partition coefficient (Wildman–Crippen LogP) is -0.279. The van der Waals surface area contributed by atoms with Crippen LogP contribution in [0.25, 0.3) is 0 Å². The molecule has 0 atom stereocenters. The summed E-state index contributed by atoms with van der Waals surface area (Å²) in [7, 11) is 0.